The van der Waals surface area contributed by atoms with Gasteiger partial charge in [-0.25, -0.2) is 0 Å². The second-order valence-corrected chi connectivity index (χ2v) is 10.3. The van der Waals surface area contributed by atoms with Gasteiger partial charge in [0.15, 0.2) is 23.2 Å². The van der Waals surface area contributed by atoms with E-state index in [4.69, 9.17) is 28.1 Å². The van der Waals surface area contributed by atoms with Crippen molar-refractivity contribution in [3.05, 3.63) is 46.6 Å². The van der Waals surface area contributed by atoms with Gasteiger partial charge in [0.05, 0.1) is 19.8 Å². The lowest BCUT2D eigenvalue weighted by atomic mass is 9.97. The van der Waals surface area contributed by atoms with Crippen molar-refractivity contribution in [1.29, 1.82) is 0 Å². The molecule has 3 aromatic rings. The third-order valence-corrected chi connectivity index (χ3v) is 7.44. The number of hydrogen-bond donors (Lipinski definition) is 8. The number of fused-ring (bicyclic) bond motifs is 1. The van der Waals surface area contributed by atoms with Crippen LogP contribution in [0, 0.1) is 0 Å². The van der Waals surface area contributed by atoms with Crippen LogP contribution in [0.2, 0.25) is 0 Å². The van der Waals surface area contributed by atoms with Gasteiger partial charge in [0.2, 0.25) is 12.0 Å². The molecule has 234 valence electrons. The lowest BCUT2D eigenvalue weighted by Crippen LogP contribution is -2.64. The minimum absolute atomic E-state index is 0.0197. The Kier molecular flexibility index (Phi) is 8.80. The molecular weight excluding hydrogens is 576 g/mol. The van der Waals surface area contributed by atoms with Gasteiger partial charge in [0.1, 0.15) is 65.2 Å². The number of aromatic hydroxyl groups is 2. The monoisotopic (exact) mass is 608 g/mol. The molecule has 2 aliphatic heterocycles. The number of aliphatic hydroxyl groups is 6. The van der Waals surface area contributed by atoms with Gasteiger partial charge in [-0.2, -0.15) is 0 Å². The molecule has 0 saturated carbocycles. The maximum Gasteiger partial charge on any atom is 0.229 e. The molecule has 0 radical (unpaired) electrons. The quantitative estimate of drug-likeness (QED) is 0.159. The highest BCUT2D eigenvalue weighted by atomic mass is 16.7. The van der Waals surface area contributed by atoms with Crippen molar-refractivity contribution < 1.29 is 69.0 Å². The first-order valence-corrected chi connectivity index (χ1v) is 13.3. The molecule has 3 heterocycles. The zero-order valence-electron chi connectivity index (χ0n) is 22.9. The van der Waals surface area contributed by atoms with Crippen LogP contribution >= 0.6 is 0 Å². The first kappa shape index (κ1) is 30.9. The predicted molar refractivity (Wildman–Crippen MR) is 143 cm³/mol. The summed E-state index contributed by atoms with van der Waals surface area (Å²) >= 11 is 0. The highest BCUT2D eigenvalue weighted by Crippen LogP contribution is 2.44. The minimum Gasteiger partial charge on any atom is -0.508 e. The topological polar surface area (TPSA) is 238 Å². The van der Waals surface area contributed by atoms with Gasteiger partial charge in [-0.1, -0.05) is 0 Å². The van der Waals surface area contributed by atoms with E-state index in [9.17, 15) is 45.6 Å². The second kappa shape index (κ2) is 12.2. The van der Waals surface area contributed by atoms with Gasteiger partial charge in [-0.3, -0.25) is 4.79 Å². The average Bonchev–Trinajstić information content (AvgIpc) is 2.98. The van der Waals surface area contributed by atoms with Gasteiger partial charge >= 0.3 is 0 Å². The normalized spacial score (nSPS) is 32.9. The fourth-order valence-electron chi connectivity index (χ4n) is 5.04. The van der Waals surface area contributed by atoms with E-state index in [0.717, 1.165) is 6.07 Å². The van der Waals surface area contributed by atoms with E-state index in [2.05, 4.69) is 0 Å². The summed E-state index contributed by atoms with van der Waals surface area (Å²) in [6.07, 6.45) is -15.6. The number of aliphatic hydroxyl groups excluding tert-OH is 6. The SMILES string of the molecule is COc1cc2oc(-c3ccc(O)cc3)cc(=O)c2c(O)c1O[C@@H]1O[C@@H](C)[C@@H](O[C@H]2O[C@@H](CO)[C@H](O)[C@H](O)[C@@H]2O)[C@@H](O)[C@@H]1O. The number of benzene rings is 2. The first-order chi connectivity index (χ1) is 20.4. The molecular formula is C28H32O15. The highest BCUT2D eigenvalue weighted by Gasteiger charge is 2.50. The summed E-state index contributed by atoms with van der Waals surface area (Å²) in [7, 11) is 1.26. The molecule has 43 heavy (non-hydrogen) atoms. The maximum atomic E-state index is 13.0. The Hall–Kier alpha value is -3.51. The van der Waals surface area contributed by atoms with Crippen molar-refractivity contribution >= 4 is 11.0 Å². The summed E-state index contributed by atoms with van der Waals surface area (Å²) in [5.74, 6) is -1.00. The van der Waals surface area contributed by atoms with Crippen molar-refractivity contribution in [1.82, 2.24) is 0 Å². The predicted octanol–water partition coefficient (Wildman–Crippen LogP) is -1.09. The molecule has 15 nitrogen and oxygen atoms in total. The minimum atomic E-state index is -1.82. The number of hydrogen-bond acceptors (Lipinski definition) is 15. The molecule has 0 amide bonds. The Balaban J connectivity index is 1.39. The van der Waals surface area contributed by atoms with Crippen molar-refractivity contribution in [3.63, 3.8) is 0 Å². The largest absolute Gasteiger partial charge is 0.508 e. The molecule has 8 N–H and O–H groups in total. The molecule has 2 saturated heterocycles. The van der Waals surface area contributed by atoms with E-state index in [-0.39, 0.29) is 28.2 Å². The molecule has 10 atom stereocenters. The van der Waals surface area contributed by atoms with Gasteiger partial charge in [-0.05, 0) is 31.2 Å². The van der Waals surface area contributed by atoms with Gasteiger partial charge in [0.25, 0.3) is 0 Å². The van der Waals surface area contributed by atoms with E-state index >= 15 is 0 Å². The Morgan fingerprint density at radius 3 is 2.19 bits per heavy atom. The summed E-state index contributed by atoms with van der Waals surface area (Å²) < 4.78 is 33.5. The first-order valence-electron chi connectivity index (χ1n) is 13.3. The Bertz CT molecular complexity index is 1490. The van der Waals surface area contributed by atoms with Crippen LogP contribution in [0.3, 0.4) is 0 Å². The van der Waals surface area contributed by atoms with E-state index in [1.165, 1.54) is 44.4 Å². The lowest BCUT2D eigenvalue weighted by molar-refractivity contribution is -0.349. The van der Waals surface area contributed by atoms with Crippen LogP contribution in [0.25, 0.3) is 22.3 Å². The summed E-state index contributed by atoms with van der Waals surface area (Å²) in [5, 5.41) is 81.8. The number of ether oxygens (including phenoxy) is 5. The molecule has 15 heteroatoms. The fourth-order valence-corrected chi connectivity index (χ4v) is 5.04. The number of phenols is 2. The average molecular weight is 609 g/mol. The number of methoxy groups -OCH3 is 1. The van der Waals surface area contributed by atoms with Gasteiger partial charge in [-0.15, -0.1) is 0 Å². The molecule has 2 aromatic carbocycles. The van der Waals surface area contributed by atoms with Crippen LogP contribution in [0.4, 0.5) is 0 Å². The summed E-state index contributed by atoms with van der Waals surface area (Å²) in [4.78, 5) is 13.0. The smallest absolute Gasteiger partial charge is 0.229 e. The van der Waals surface area contributed by atoms with Crippen LogP contribution in [0.5, 0.6) is 23.0 Å². The zero-order valence-corrected chi connectivity index (χ0v) is 22.9. The number of phenolic OH excluding ortho intramolecular Hbond substituents is 2. The van der Waals surface area contributed by atoms with E-state index in [0.29, 0.717) is 5.56 Å². The Morgan fingerprint density at radius 1 is 0.860 bits per heavy atom. The van der Waals surface area contributed by atoms with Crippen LogP contribution in [-0.4, -0.2) is 116 Å². The molecule has 0 aliphatic carbocycles. The molecule has 0 unspecified atom stereocenters. The van der Waals surface area contributed by atoms with Crippen molar-refractivity contribution in [2.45, 2.75) is 68.3 Å². The second-order valence-electron chi connectivity index (χ2n) is 10.3. The third kappa shape index (κ3) is 5.74. The molecule has 5 rings (SSSR count). The van der Waals surface area contributed by atoms with E-state index in [1.54, 1.807) is 0 Å². The van der Waals surface area contributed by atoms with Crippen molar-refractivity contribution in [2.75, 3.05) is 13.7 Å². The van der Waals surface area contributed by atoms with E-state index < -0.39 is 84.9 Å². The van der Waals surface area contributed by atoms with Crippen LogP contribution in [0.1, 0.15) is 6.92 Å². The molecule has 0 spiro atoms. The van der Waals surface area contributed by atoms with Crippen molar-refractivity contribution in [2.24, 2.45) is 0 Å². The van der Waals surface area contributed by atoms with Gasteiger partial charge in [0, 0.05) is 17.7 Å². The molecule has 1 aromatic heterocycles. The lowest BCUT2D eigenvalue weighted by Gasteiger charge is -2.45. The third-order valence-electron chi connectivity index (χ3n) is 7.44. The van der Waals surface area contributed by atoms with Crippen LogP contribution in [0.15, 0.2) is 45.6 Å². The fraction of sp³-hybridized carbons (Fsp3) is 0.464. The highest BCUT2D eigenvalue weighted by molar-refractivity contribution is 5.89. The summed E-state index contributed by atoms with van der Waals surface area (Å²) in [5.41, 5.74) is -0.206. The standard InChI is InChI=1S/C28H32O15/c1-10-25(42-28-23(36)21(34)19(32)17(9-29)41-28)22(35)24(37)27(39-10)43-26-16(38-2)8-15-18(20(26)33)13(31)7-14(40-15)11-3-5-12(30)6-4-11/h3-8,10,17,19,21-25,27-30,32-37H,9H2,1-2H3/t10-,17-,19-,21-,22-,23-,24-,25+,27-,28+/m0/s1. The molecule has 2 fully saturated rings. The van der Waals surface area contributed by atoms with Crippen LogP contribution in [-0.2, 0) is 14.2 Å². The van der Waals surface area contributed by atoms with Crippen LogP contribution < -0.4 is 14.9 Å². The van der Waals surface area contributed by atoms with Gasteiger partial charge < -0.3 is 69.0 Å². The summed E-state index contributed by atoms with van der Waals surface area (Å²) in [6.45, 7) is 0.743. The van der Waals surface area contributed by atoms with Crippen molar-refractivity contribution in [3.8, 4) is 34.3 Å². The molecule has 2 aliphatic rings. The molecule has 0 bridgehead atoms. The Labute approximate surface area is 243 Å². The zero-order chi connectivity index (χ0) is 31.2. The number of rotatable bonds is 7. The Morgan fingerprint density at radius 2 is 1.53 bits per heavy atom. The maximum absolute atomic E-state index is 13.0. The summed E-state index contributed by atoms with van der Waals surface area (Å²) in [6, 6.07) is 8.34. The van der Waals surface area contributed by atoms with E-state index in [1.807, 2.05) is 0 Å².